The van der Waals surface area contributed by atoms with Crippen LogP contribution < -0.4 is 4.74 Å². The number of hydrogen-bond acceptors (Lipinski definition) is 4. The van der Waals surface area contributed by atoms with Gasteiger partial charge in [0.25, 0.3) is 0 Å². The first-order valence-electron chi connectivity index (χ1n) is 8.44. The van der Waals surface area contributed by atoms with Crippen molar-refractivity contribution in [3.63, 3.8) is 0 Å². The molecular formula is C21H24ClNO3. The number of carbonyl (C=O) groups excluding carboxylic acids is 1. The second-order valence-corrected chi connectivity index (χ2v) is 6.25. The average molecular weight is 374 g/mol. The Morgan fingerprint density at radius 2 is 2.00 bits per heavy atom. The van der Waals surface area contributed by atoms with Gasteiger partial charge >= 0.3 is 5.97 Å². The average Bonchev–Trinajstić information content (AvgIpc) is 3.09. The van der Waals surface area contributed by atoms with E-state index in [0.29, 0.717) is 5.56 Å². The van der Waals surface area contributed by atoms with Gasteiger partial charge in [-0.05, 0) is 41.9 Å². The van der Waals surface area contributed by atoms with E-state index in [4.69, 9.17) is 9.47 Å². The SMILES string of the molecule is COC(=O)c1ccc(/C=C/CN(C)Cc2ccc3c(c2)CCO3)cc1.Cl. The molecule has 0 radical (unpaired) electrons. The highest BCUT2D eigenvalue weighted by Crippen LogP contribution is 2.26. The lowest BCUT2D eigenvalue weighted by Crippen LogP contribution is -2.17. The van der Waals surface area contributed by atoms with Crippen LogP contribution in [0.5, 0.6) is 5.75 Å². The van der Waals surface area contributed by atoms with E-state index in [2.05, 4.69) is 42.3 Å². The van der Waals surface area contributed by atoms with Crippen LogP contribution in [-0.2, 0) is 17.7 Å². The molecule has 0 saturated carbocycles. The van der Waals surface area contributed by atoms with Crippen molar-refractivity contribution in [3.8, 4) is 5.75 Å². The number of nitrogens with zero attached hydrogens (tertiary/aromatic N) is 1. The van der Waals surface area contributed by atoms with Gasteiger partial charge in [-0.25, -0.2) is 4.79 Å². The van der Waals surface area contributed by atoms with E-state index in [1.165, 1.54) is 18.2 Å². The van der Waals surface area contributed by atoms with Crippen LogP contribution in [0, 0.1) is 0 Å². The maximum absolute atomic E-state index is 11.4. The van der Waals surface area contributed by atoms with Gasteiger partial charge in [-0.2, -0.15) is 0 Å². The first-order valence-corrected chi connectivity index (χ1v) is 8.44. The summed E-state index contributed by atoms with van der Waals surface area (Å²) in [6, 6.07) is 13.9. The Balaban J connectivity index is 0.00000243. The number of ether oxygens (including phenoxy) is 2. The van der Waals surface area contributed by atoms with Crippen LogP contribution in [0.4, 0.5) is 0 Å². The van der Waals surface area contributed by atoms with Gasteiger partial charge in [-0.3, -0.25) is 4.90 Å². The molecular weight excluding hydrogens is 350 g/mol. The molecule has 1 aliphatic rings. The van der Waals surface area contributed by atoms with Crippen LogP contribution in [-0.4, -0.2) is 38.2 Å². The van der Waals surface area contributed by atoms with Crippen LogP contribution >= 0.6 is 12.4 Å². The Bertz CT molecular complexity index is 771. The molecule has 0 saturated heterocycles. The van der Waals surface area contributed by atoms with E-state index in [9.17, 15) is 4.79 Å². The fourth-order valence-corrected chi connectivity index (χ4v) is 2.93. The summed E-state index contributed by atoms with van der Waals surface area (Å²) in [4.78, 5) is 13.7. The summed E-state index contributed by atoms with van der Waals surface area (Å²) in [5.74, 6) is 0.719. The Morgan fingerprint density at radius 1 is 1.23 bits per heavy atom. The minimum Gasteiger partial charge on any atom is -0.493 e. The molecule has 0 amide bonds. The first-order chi connectivity index (χ1) is 12.2. The number of fused-ring (bicyclic) bond motifs is 1. The van der Waals surface area contributed by atoms with Crippen molar-refractivity contribution in [2.45, 2.75) is 13.0 Å². The molecule has 26 heavy (non-hydrogen) atoms. The predicted octanol–water partition coefficient (Wildman–Crippen LogP) is 3.98. The number of hydrogen-bond donors (Lipinski definition) is 0. The zero-order valence-electron chi connectivity index (χ0n) is 15.1. The van der Waals surface area contributed by atoms with Crippen molar-refractivity contribution in [3.05, 3.63) is 70.8 Å². The van der Waals surface area contributed by atoms with Gasteiger partial charge in [0.1, 0.15) is 5.75 Å². The lowest BCUT2D eigenvalue weighted by atomic mass is 10.1. The molecule has 0 spiro atoms. The van der Waals surface area contributed by atoms with E-state index in [1.54, 1.807) is 12.1 Å². The van der Waals surface area contributed by atoms with Crippen molar-refractivity contribution >= 4 is 24.5 Å². The van der Waals surface area contributed by atoms with Gasteiger partial charge in [0.2, 0.25) is 0 Å². The number of carbonyl (C=O) groups is 1. The molecule has 2 aromatic rings. The minimum atomic E-state index is -0.310. The summed E-state index contributed by atoms with van der Waals surface area (Å²) in [5.41, 5.74) is 4.25. The van der Waals surface area contributed by atoms with Gasteiger partial charge < -0.3 is 9.47 Å². The maximum atomic E-state index is 11.4. The molecule has 0 aliphatic carbocycles. The number of halogens is 1. The van der Waals surface area contributed by atoms with Crippen LogP contribution in [0.1, 0.15) is 27.0 Å². The number of methoxy groups -OCH3 is 1. The Hall–Kier alpha value is -2.30. The van der Waals surface area contributed by atoms with Crippen LogP contribution in [0.2, 0.25) is 0 Å². The van der Waals surface area contributed by atoms with Crippen molar-refractivity contribution in [2.24, 2.45) is 0 Å². The summed E-state index contributed by atoms with van der Waals surface area (Å²) < 4.78 is 10.3. The molecule has 3 rings (SSSR count). The minimum absolute atomic E-state index is 0. The molecule has 0 bridgehead atoms. The quantitative estimate of drug-likeness (QED) is 0.718. The summed E-state index contributed by atoms with van der Waals surface area (Å²) in [5, 5.41) is 0. The number of benzene rings is 2. The summed E-state index contributed by atoms with van der Waals surface area (Å²) in [7, 11) is 3.49. The van der Waals surface area contributed by atoms with Gasteiger partial charge in [0, 0.05) is 19.5 Å². The lowest BCUT2D eigenvalue weighted by molar-refractivity contribution is 0.0600. The lowest BCUT2D eigenvalue weighted by Gasteiger charge is -2.15. The second kappa shape index (κ2) is 9.41. The number of likely N-dealkylation sites (N-methyl/N-ethyl adjacent to an activating group) is 1. The van der Waals surface area contributed by atoms with Crippen molar-refractivity contribution in [1.82, 2.24) is 4.90 Å². The fourth-order valence-electron chi connectivity index (χ4n) is 2.93. The van der Waals surface area contributed by atoms with Crippen LogP contribution in [0.15, 0.2) is 48.5 Å². The normalized spacial score (nSPS) is 12.6. The highest BCUT2D eigenvalue weighted by atomic mass is 35.5. The molecule has 0 fully saturated rings. The highest BCUT2D eigenvalue weighted by Gasteiger charge is 2.12. The van der Waals surface area contributed by atoms with Gasteiger partial charge in [0.05, 0.1) is 19.3 Å². The molecule has 4 nitrogen and oxygen atoms in total. The van der Waals surface area contributed by atoms with Crippen LogP contribution in [0.25, 0.3) is 6.08 Å². The summed E-state index contributed by atoms with van der Waals surface area (Å²) >= 11 is 0. The maximum Gasteiger partial charge on any atom is 0.337 e. The monoisotopic (exact) mass is 373 g/mol. The van der Waals surface area contributed by atoms with Gasteiger partial charge in [-0.1, -0.05) is 36.4 Å². The molecule has 2 aromatic carbocycles. The zero-order valence-corrected chi connectivity index (χ0v) is 15.9. The standard InChI is InChI=1S/C21H23NO3.ClH/c1-22(15-17-7-10-20-19(14-17)11-13-25-20)12-3-4-16-5-8-18(9-6-16)21(23)24-2;/h3-10,14H,11-13,15H2,1-2H3;1H/b4-3+;. The molecule has 1 heterocycles. The fraction of sp³-hybridized carbons (Fsp3) is 0.286. The third-order valence-electron chi connectivity index (χ3n) is 4.27. The largest absolute Gasteiger partial charge is 0.493 e. The third-order valence-corrected chi connectivity index (χ3v) is 4.27. The number of esters is 1. The van der Waals surface area contributed by atoms with E-state index >= 15 is 0 Å². The van der Waals surface area contributed by atoms with Crippen molar-refractivity contribution in [1.29, 1.82) is 0 Å². The summed E-state index contributed by atoms with van der Waals surface area (Å²) in [6.45, 7) is 2.55. The van der Waals surface area contributed by atoms with E-state index < -0.39 is 0 Å². The van der Waals surface area contributed by atoms with E-state index in [1.807, 2.05) is 12.1 Å². The van der Waals surface area contributed by atoms with Gasteiger partial charge in [-0.15, -0.1) is 12.4 Å². The van der Waals surface area contributed by atoms with Gasteiger partial charge in [0.15, 0.2) is 0 Å². The van der Waals surface area contributed by atoms with E-state index in [-0.39, 0.29) is 18.4 Å². The van der Waals surface area contributed by atoms with E-state index in [0.717, 1.165) is 37.4 Å². The molecule has 0 atom stereocenters. The first kappa shape index (κ1) is 20.0. The Kier molecular flexibility index (Phi) is 7.25. The Morgan fingerprint density at radius 3 is 2.73 bits per heavy atom. The molecule has 0 N–H and O–H groups in total. The molecule has 5 heteroatoms. The third kappa shape index (κ3) is 5.10. The Labute approximate surface area is 160 Å². The predicted molar refractivity (Wildman–Crippen MR) is 106 cm³/mol. The molecule has 1 aliphatic heterocycles. The smallest absolute Gasteiger partial charge is 0.337 e. The van der Waals surface area contributed by atoms with Crippen molar-refractivity contribution in [2.75, 3.05) is 27.3 Å². The number of rotatable bonds is 6. The topological polar surface area (TPSA) is 38.8 Å². The second-order valence-electron chi connectivity index (χ2n) is 6.25. The molecule has 0 unspecified atom stereocenters. The highest BCUT2D eigenvalue weighted by molar-refractivity contribution is 5.89. The van der Waals surface area contributed by atoms with Crippen molar-refractivity contribution < 1.29 is 14.3 Å². The molecule has 138 valence electrons. The summed E-state index contributed by atoms with van der Waals surface area (Å²) in [6.07, 6.45) is 5.20. The van der Waals surface area contributed by atoms with Crippen LogP contribution in [0.3, 0.4) is 0 Å². The molecule has 0 aromatic heterocycles. The zero-order chi connectivity index (χ0) is 17.6.